The molecule has 0 aliphatic rings. The summed E-state index contributed by atoms with van der Waals surface area (Å²) in [6.45, 7) is 0. The fourth-order valence-corrected chi connectivity index (χ4v) is 2.21. The van der Waals surface area contributed by atoms with Crippen LogP contribution in [-0.4, -0.2) is 34.3 Å². The van der Waals surface area contributed by atoms with E-state index in [-0.39, 0.29) is 5.91 Å². The molecule has 0 bridgehead atoms. The minimum Gasteiger partial charge on any atom is -0.497 e. The first-order chi connectivity index (χ1) is 12.1. The van der Waals surface area contributed by atoms with Crippen LogP contribution in [0.3, 0.4) is 0 Å². The highest BCUT2D eigenvalue weighted by Crippen LogP contribution is 2.35. The number of rotatable bonds is 7. The molecule has 0 spiro atoms. The van der Waals surface area contributed by atoms with Crippen molar-refractivity contribution < 1.29 is 23.7 Å². The summed E-state index contributed by atoms with van der Waals surface area (Å²) >= 11 is 0. The highest BCUT2D eigenvalue weighted by molar-refractivity contribution is 6.02. The largest absolute Gasteiger partial charge is 0.497 e. The first kappa shape index (κ1) is 18.2. The maximum atomic E-state index is 12.1. The first-order valence-corrected chi connectivity index (χ1v) is 7.54. The number of carbonyl (C=O) groups is 1. The Hall–Kier alpha value is -3.15. The van der Waals surface area contributed by atoms with Crippen LogP contribution in [0.15, 0.2) is 42.5 Å². The van der Waals surface area contributed by atoms with E-state index in [4.69, 9.17) is 18.9 Å². The van der Waals surface area contributed by atoms with Crippen LogP contribution in [0.1, 0.15) is 5.56 Å². The van der Waals surface area contributed by atoms with Gasteiger partial charge in [-0.3, -0.25) is 4.79 Å². The normalized spacial score (nSPS) is 10.4. The van der Waals surface area contributed by atoms with Crippen molar-refractivity contribution in [1.82, 2.24) is 0 Å². The zero-order chi connectivity index (χ0) is 18.2. The van der Waals surface area contributed by atoms with E-state index in [1.54, 1.807) is 70.9 Å². The van der Waals surface area contributed by atoms with Gasteiger partial charge in [-0.15, -0.1) is 0 Å². The summed E-state index contributed by atoms with van der Waals surface area (Å²) in [4.78, 5) is 12.1. The van der Waals surface area contributed by atoms with E-state index in [1.165, 1.54) is 6.08 Å². The lowest BCUT2D eigenvalue weighted by atomic mass is 10.1. The Morgan fingerprint density at radius 3 is 2.00 bits per heavy atom. The zero-order valence-electron chi connectivity index (χ0n) is 14.7. The third kappa shape index (κ3) is 4.67. The number of amides is 1. The van der Waals surface area contributed by atoms with Crippen LogP contribution in [0.25, 0.3) is 6.08 Å². The Balaban J connectivity index is 2.15. The van der Waals surface area contributed by atoms with E-state index in [9.17, 15) is 4.79 Å². The molecule has 0 heterocycles. The van der Waals surface area contributed by atoms with Gasteiger partial charge in [-0.05, 0) is 36.4 Å². The number of anilines is 1. The van der Waals surface area contributed by atoms with Gasteiger partial charge in [0.2, 0.25) is 5.91 Å². The average molecular weight is 343 g/mol. The lowest BCUT2D eigenvalue weighted by Crippen LogP contribution is -2.07. The zero-order valence-corrected chi connectivity index (χ0v) is 14.7. The molecule has 2 rings (SSSR count). The first-order valence-electron chi connectivity index (χ1n) is 7.54. The van der Waals surface area contributed by atoms with Crippen molar-refractivity contribution in [3.63, 3.8) is 0 Å². The predicted octanol–water partition coefficient (Wildman–Crippen LogP) is 3.37. The Morgan fingerprint density at radius 1 is 0.840 bits per heavy atom. The van der Waals surface area contributed by atoms with E-state index in [2.05, 4.69) is 5.32 Å². The standard InChI is InChI=1S/C19H21NO5/c1-22-15-8-6-14(7-9-15)20-19(21)10-5-13-11-17(24-3)18(25-4)12-16(13)23-2/h5-12H,1-4H3,(H,20,21)/b10-5+. The van der Waals surface area contributed by atoms with Gasteiger partial charge in [0, 0.05) is 23.4 Å². The van der Waals surface area contributed by atoms with E-state index in [1.807, 2.05) is 0 Å². The lowest BCUT2D eigenvalue weighted by Gasteiger charge is -2.12. The van der Waals surface area contributed by atoms with Crippen molar-refractivity contribution in [2.24, 2.45) is 0 Å². The van der Waals surface area contributed by atoms with Crippen molar-refractivity contribution in [2.45, 2.75) is 0 Å². The van der Waals surface area contributed by atoms with Crippen LogP contribution >= 0.6 is 0 Å². The fourth-order valence-electron chi connectivity index (χ4n) is 2.21. The molecule has 0 fully saturated rings. The van der Waals surface area contributed by atoms with Crippen LogP contribution in [0.4, 0.5) is 5.69 Å². The van der Waals surface area contributed by atoms with Gasteiger partial charge in [0.1, 0.15) is 11.5 Å². The SMILES string of the molecule is COc1ccc(NC(=O)/C=C/c2cc(OC)c(OC)cc2OC)cc1. The topological polar surface area (TPSA) is 66.0 Å². The summed E-state index contributed by atoms with van der Waals surface area (Å²) in [5.41, 5.74) is 1.37. The minimum absolute atomic E-state index is 0.262. The molecule has 2 aromatic carbocycles. The third-order valence-corrected chi connectivity index (χ3v) is 3.51. The predicted molar refractivity (Wildman–Crippen MR) is 96.8 cm³/mol. The molecule has 1 N–H and O–H groups in total. The van der Waals surface area contributed by atoms with Gasteiger partial charge in [-0.1, -0.05) is 0 Å². The summed E-state index contributed by atoms with van der Waals surface area (Å²) in [6, 6.07) is 10.5. The van der Waals surface area contributed by atoms with Crippen LogP contribution in [-0.2, 0) is 4.79 Å². The van der Waals surface area contributed by atoms with Gasteiger partial charge in [0.25, 0.3) is 0 Å². The Labute approximate surface area is 147 Å². The van der Waals surface area contributed by atoms with Crippen molar-refractivity contribution in [2.75, 3.05) is 33.8 Å². The molecular formula is C19H21NO5. The average Bonchev–Trinajstić information content (AvgIpc) is 2.66. The number of ether oxygens (including phenoxy) is 4. The summed E-state index contributed by atoms with van der Waals surface area (Å²) in [7, 11) is 6.24. The highest BCUT2D eigenvalue weighted by Gasteiger charge is 2.10. The molecule has 0 aliphatic heterocycles. The second-order valence-corrected chi connectivity index (χ2v) is 5.00. The Morgan fingerprint density at radius 2 is 1.44 bits per heavy atom. The second kappa shape index (κ2) is 8.63. The van der Waals surface area contributed by atoms with Crippen molar-refractivity contribution in [1.29, 1.82) is 0 Å². The summed E-state index contributed by atoms with van der Waals surface area (Å²) in [6.07, 6.45) is 3.08. The number of hydrogen-bond acceptors (Lipinski definition) is 5. The lowest BCUT2D eigenvalue weighted by molar-refractivity contribution is -0.111. The van der Waals surface area contributed by atoms with Gasteiger partial charge in [-0.2, -0.15) is 0 Å². The van der Waals surface area contributed by atoms with Crippen molar-refractivity contribution >= 4 is 17.7 Å². The number of benzene rings is 2. The third-order valence-electron chi connectivity index (χ3n) is 3.51. The summed E-state index contributed by atoms with van der Waals surface area (Å²) in [5, 5.41) is 2.77. The maximum absolute atomic E-state index is 12.1. The molecule has 0 saturated carbocycles. The fraction of sp³-hybridized carbons (Fsp3) is 0.211. The van der Waals surface area contributed by atoms with Gasteiger partial charge in [0.05, 0.1) is 28.4 Å². The molecule has 25 heavy (non-hydrogen) atoms. The van der Waals surface area contributed by atoms with Crippen LogP contribution in [0, 0.1) is 0 Å². The van der Waals surface area contributed by atoms with Crippen molar-refractivity contribution in [3.05, 3.63) is 48.0 Å². The van der Waals surface area contributed by atoms with E-state index in [0.29, 0.717) is 28.5 Å². The Bertz CT molecular complexity index is 753. The monoisotopic (exact) mass is 343 g/mol. The molecule has 0 atom stereocenters. The molecule has 0 aliphatic carbocycles. The number of hydrogen-bond donors (Lipinski definition) is 1. The van der Waals surface area contributed by atoms with Crippen LogP contribution < -0.4 is 24.3 Å². The molecule has 0 radical (unpaired) electrons. The van der Waals surface area contributed by atoms with Crippen LogP contribution in [0.5, 0.6) is 23.0 Å². The number of methoxy groups -OCH3 is 4. The van der Waals surface area contributed by atoms with Gasteiger partial charge < -0.3 is 24.3 Å². The molecule has 0 unspecified atom stereocenters. The Kier molecular flexibility index (Phi) is 6.28. The second-order valence-electron chi connectivity index (χ2n) is 5.00. The maximum Gasteiger partial charge on any atom is 0.248 e. The summed E-state index contributed by atoms with van der Waals surface area (Å²) < 4.78 is 20.9. The van der Waals surface area contributed by atoms with Gasteiger partial charge >= 0.3 is 0 Å². The van der Waals surface area contributed by atoms with Gasteiger partial charge in [0.15, 0.2) is 11.5 Å². The quantitative estimate of drug-likeness (QED) is 0.781. The molecular weight excluding hydrogens is 322 g/mol. The van der Waals surface area contributed by atoms with Crippen LogP contribution in [0.2, 0.25) is 0 Å². The number of carbonyl (C=O) groups excluding carboxylic acids is 1. The molecule has 0 saturated heterocycles. The smallest absolute Gasteiger partial charge is 0.248 e. The number of nitrogens with one attached hydrogen (secondary N) is 1. The van der Waals surface area contributed by atoms with Crippen molar-refractivity contribution in [3.8, 4) is 23.0 Å². The van der Waals surface area contributed by atoms with Gasteiger partial charge in [-0.25, -0.2) is 0 Å². The molecule has 132 valence electrons. The summed E-state index contributed by atoms with van der Waals surface area (Å²) in [5.74, 6) is 2.15. The molecule has 0 aromatic heterocycles. The van der Waals surface area contributed by atoms with E-state index >= 15 is 0 Å². The molecule has 6 heteroatoms. The van der Waals surface area contributed by atoms with E-state index < -0.39 is 0 Å². The minimum atomic E-state index is -0.262. The molecule has 6 nitrogen and oxygen atoms in total. The molecule has 2 aromatic rings. The van der Waals surface area contributed by atoms with E-state index in [0.717, 1.165) is 5.75 Å². The molecule has 1 amide bonds. The highest BCUT2D eigenvalue weighted by atomic mass is 16.5.